The first kappa shape index (κ1) is 18.5. The van der Waals surface area contributed by atoms with Crippen molar-refractivity contribution in [3.63, 3.8) is 0 Å². The summed E-state index contributed by atoms with van der Waals surface area (Å²) >= 11 is 1.23. The number of halogens is 4. The third kappa shape index (κ3) is 5.36. The van der Waals surface area contributed by atoms with Crippen molar-refractivity contribution < 1.29 is 22.3 Å². The van der Waals surface area contributed by atoms with E-state index in [0.717, 1.165) is 25.0 Å². The molecule has 0 amide bonds. The van der Waals surface area contributed by atoms with Gasteiger partial charge >= 0.3 is 6.18 Å². The van der Waals surface area contributed by atoms with Crippen LogP contribution in [0.5, 0.6) is 0 Å². The van der Waals surface area contributed by atoms with Crippen molar-refractivity contribution >= 4 is 11.9 Å². The summed E-state index contributed by atoms with van der Waals surface area (Å²) in [5, 5.41) is 0. The molecule has 0 radical (unpaired) electrons. The Labute approximate surface area is 138 Å². The lowest BCUT2D eigenvalue weighted by atomic mass is 10.0. The largest absolute Gasteiger partial charge is 0.408 e. The van der Waals surface area contributed by atoms with E-state index in [9.17, 15) is 17.6 Å². The Morgan fingerprint density at radius 1 is 1.22 bits per heavy atom. The van der Waals surface area contributed by atoms with Gasteiger partial charge in [-0.2, -0.15) is 13.2 Å². The van der Waals surface area contributed by atoms with Gasteiger partial charge in [0.25, 0.3) is 0 Å². The molecule has 0 aliphatic carbocycles. The van der Waals surface area contributed by atoms with Crippen LogP contribution in [0.3, 0.4) is 0 Å². The van der Waals surface area contributed by atoms with E-state index < -0.39 is 18.0 Å². The number of benzene rings is 1. The summed E-state index contributed by atoms with van der Waals surface area (Å²) in [6, 6.07) is 2.85. The van der Waals surface area contributed by atoms with E-state index in [0.29, 0.717) is 24.9 Å². The Balaban J connectivity index is 2.09. The van der Waals surface area contributed by atoms with Gasteiger partial charge in [-0.25, -0.2) is 8.70 Å². The summed E-state index contributed by atoms with van der Waals surface area (Å²) in [5.41, 5.74) is 0.0697. The van der Waals surface area contributed by atoms with Crippen molar-refractivity contribution in [3.8, 4) is 0 Å². The molecular weight excluding hydrogens is 330 g/mol. The van der Waals surface area contributed by atoms with Crippen LogP contribution < -0.4 is 0 Å². The minimum atomic E-state index is -4.41. The van der Waals surface area contributed by atoms with Gasteiger partial charge in [0.1, 0.15) is 11.9 Å². The van der Waals surface area contributed by atoms with Gasteiger partial charge in [0.15, 0.2) is 0 Å². The van der Waals surface area contributed by atoms with Crippen LogP contribution in [0.1, 0.15) is 31.4 Å². The van der Waals surface area contributed by atoms with Crippen LogP contribution in [-0.4, -0.2) is 36.0 Å². The van der Waals surface area contributed by atoms with E-state index in [4.69, 9.17) is 4.74 Å². The average Bonchev–Trinajstić information content (AvgIpc) is 2.52. The highest BCUT2D eigenvalue weighted by atomic mass is 32.2. The minimum Gasteiger partial charge on any atom is -0.381 e. The molecule has 1 saturated heterocycles. The summed E-state index contributed by atoms with van der Waals surface area (Å²) in [6.07, 6.45) is -2.63. The lowest BCUT2D eigenvalue weighted by Gasteiger charge is -2.33. The van der Waals surface area contributed by atoms with Crippen LogP contribution in [0.25, 0.3) is 0 Å². The molecule has 1 aliphatic heterocycles. The molecular formula is C16H21F4NOS. The molecule has 1 heterocycles. The van der Waals surface area contributed by atoms with Gasteiger partial charge < -0.3 is 4.74 Å². The van der Waals surface area contributed by atoms with E-state index in [1.165, 1.54) is 28.4 Å². The Morgan fingerprint density at radius 2 is 1.83 bits per heavy atom. The van der Waals surface area contributed by atoms with Gasteiger partial charge in [-0.3, -0.25) is 0 Å². The predicted octanol–water partition coefficient (Wildman–Crippen LogP) is 4.83. The van der Waals surface area contributed by atoms with Gasteiger partial charge in [-0.15, -0.1) is 0 Å². The molecule has 130 valence electrons. The second-order valence-corrected chi connectivity index (χ2v) is 6.64. The standard InChI is InChI=1S/C16H21F4NOS/c1-2-21(23-11-12-7-9-22-10-8-12)15(16(18,19)20)13-3-5-14(17)6-4-13/h3-6,12,15H,2,7-11H2,1H3/t15-/m1/s1. The molecule has 1 fully saturated rings. The van der Waals surface area contributed by atoms with E-state index in [2.05, 4.69) is 0 Å². The molecule has 23 heavy (non-hydrogen) atoms. The van der Waals surface area contributed by atoms with E-state index in [1.807, 2.05) is 0 Å². The molecule has 7 heteroatoms. The molecule has 1 aliphatic rings. The van der Waals surface area contributed by atoms with Crippen molar-refractivity contribution in [1.29, 1.82) is 0 Å². The summed E-state index contributed by atoms with van der Waals surface area (Å²) in [7, 11) is 0. The molecule has 0 saturated carbocycles. The third-order valence-electron chi connectivity index (χ3n) is 3.91. The SMILES string of the molecule is CCN(SCC1CCOCC1)[C@H](c1ccc(F)cc1)C(F)(F)F. The molecule has 0 aromatic heterocycles. The molecule has 1 aromatic carbocycles. The highest BCUT2D eigenvalue weighted by molar-refractivity contribution is 7.97. The fraction of sp³-hybridized carbons (Fsp3) is 0.625. The Kier molecular flexibility index (Phi) is 6.73. The van der Waals surface area contributed by atoms with Crippen LogP contribution in [0, 0.1) is 11.7 Å². The molecule has 1 atom stereocenters. The molecule has 2 rings (SSSR count). The normalized spacial score (nSPS) is 18.3. The zero-order chi connectivity index (χ0) is 16.9. The van der Waals surface area contributed by atoms with Crippen molar-refractivity contribution in [3.05, 3.63) is 35.6 Å². The van der Waals surface area contributed by atoms with Gasteiger partial charge in [-0.1, -0.05) is 31.0 Å². The molecule has 0 bridgehead atoms. The zero-order valence-corrected chi connectivity index (χ0v) is 13.8. The van der Waals surface area contributed by atoms with Crippen LogP contribution in [0.2, 0.25) is 0 Å². The molecule has 2 nitrogen and oxygen atoms in total. The van der Waals surface area contributed by atoms with Gasteiger partial charge in [0, 0.05) is 25.5 Å². The van der Waals surface area contributed by atoms with Gasteiger partial charge in [0.05, 0.1) is 0 Å². The Bertz CT molecular complexity index is 474. The lowest BCUT2D eigenvalue weighted by molar-refractivity contribution is -0.172. The predicted molar refractivity (Wildman–Crippen MR) is 83.6 cm³/mol. The smallest absolute Gasteiger partial charge is 0.381 e. The topological polar surface area (TPSA) is 12.5 Å². The van der Waals surface area contributed by atoms with E-state index in [1.54, 1.807) is 6.92 Å². The quantitative estimate of drug-likeness (QED) is 0.538. The molecule has 0 N–H and O–H groups in total. The maximum absolute atomic E-state index is 13.5. The molecule has 0 unspecified atom stereocenters. The fourth-order valence-electron chi connectivity index (χ4n) is 2.63. The van der Waals surface area contributed by atoms with Crippen molar-refractivity contribution in [2.75, 3.05) is 25.5 Å². The van der Waals surface area contributed by atoms with Crippen molar-refractivity contribution in [1.82, 2.24) is 4.31 Å². The number of alkyl halides is 3. The first-order valence-corrected chi connectivity index (χ1v) is 8.65. The summed E-state index contributed by atoms with van der Waals surface area (Å²) in [5.74, 6) is 0.489. The lowest BCUT2D eigenvalue weighted by Crippen LogP contribution is -2.35. The number of hydrogen-bond donors (Lipinski definition) is 0. The number of nitrogens with zero attached hydrogens (tertiary/aromatic N) is 1. The highest BCUT2D eigenvalue weighted by Gasteiger charge is 2.44. The van der Waals surface area contributed by atoms with Crippen LogP contribution in [0.4, 0.5) is 17.6 Å². The second-order valence-electron chi connectivity index (χ2n) is 5.58. The van der Waals surface area contributed by atoms with Crippen LogP contribution in [-0.2, 0) is 4.74 Å². The van der Waals surface area contributed by atoms with E-state index in [-0.39, 0.29) is 12.1 Å². The van der Waals surface area contributed by atoms with Gasteiger partial charge in [0.2, 0.25) is 0 Å². The van der Waals surface area contributed by atoms with Gasteiger partial charge in [-0.05, 0) is 36.5 Å². The first-order chi connectivity index (χ1) is 10.9. The summed E-state index contributed by atoms with van der Waals surface area (Å²) < 4.78 is 60.3. The molecule has 1 aromatic rings. The first-order valence-electron chi connectivity index (χ1n) is 7.71. The van der Waals surface area contributed by atoms with Crippen molar-refractivity contribution in [2.24, 2.45) is 5.92 Å². The Morgan fingerprint density at radius 3 is 2.35 bits per heavy atom. The number of rotatable bonds is 6. The number of ether oxygens (including phenoxy) is 1. The minimum absolute atomic E-state index is 0.0697. The fourth-order valence-corrected chi connectivity index (χ4v) is 3.93. The Hall–Kier alpha value is -0.790. The van der Waals surface area contributed by atoms with Crippen LogP contribution >= 0.6 is 11.9 Å². The zero-order valence-electron chi connectivity index (χ0n) is 13.0. The third-order valence-corrected chi connectivity index (χ3v) is 5.33. The monoisotopic (exact) mass is 351 g/mol. The van der Waals surface area contributed by atoms with Crippen molar-refractivity contribution in [2.45, 2.75) is 32.0 Å². The van der Waals surface area contributed by atoms with Crippen LogP contribution in [0.15, 0.2) is 24.3 Å². The van der Waals surface area contributed by atoms with E-state index >= 15 is 0 Å². The maximum Gasteiger partial charge on any atom is 0.408 e. The second kappa shape index (κ2) is 8.35. The maximum atomic E-state index is 13.5. The summed E-state index contributed by atoms with van der Waals surface area (Å²) in [6.45, 7) is 3.32. The summed E-state index contributed by atoms with van der Waals surface area (Å²) in [4.78, 5) is 0. The highest BCUT2D eigenvalue weighted by Crippen LogP contribution is 2.41. The average molecular weight is 351 g/mol. The molecule has 0 spiro atoms. The number of hydrogen-bond acceptors (Lipinski definition) is 3.